The highest BCUT2D eigenvalue weighted by atomic mass is 35.5. The minimum atomic E-state index is -1.16. The van der Waals surface area contributed by atoms with E-state index in [1.165, 1.54) is 17.0 Å². The summed E-state index contributed by atoms with van der Waals surface area (Å²) in [5.74, 6) is -2.22. The fraction of sp³-hybridized carbons (Fsp3) is 0.267. The number of amides is 1. The highest BCUT2D eigenvalue weighted by Crippen LogP contribution is 2.41. The van der Waals surface area contributed by atoms with E-state index in [-0.39, 0.29) is 22.2 Å². The molecule has 0 spiro atoms. The summed E-state index contributed by atoms with van der Waals surface area (Å²) >= 11 is 6.03. The van der Waals surface area contributed by atoms with Crippen molar-refractivity contribution >= 4 is 23.5 Å². The SMILES string of the molecule is O=C(O)c1ncn2c1[C@@H]1CCCN1C(=O)c1c-2ccc(F)c1Cl. The van der Waals surface area contributed by atoms with Crippen LogP contribution in [0.25, 0.3) is 5.69 Å². The van der Waals surface area contributed by atoms with Gasteiger partial charge < -0.3 is 10.0 Å². The molecular formula is C15H11ClFN3O3. The van der Waals surface area contributed by atoms with E-state index in [1.807, 2.05) is 0 Å². The molecule has 1 N–H and O–H groups in total. The number of carboxylic acids is 1. The molecule has 118 valence electrons. The van der Waals surface area contributed by atoms with Crippen LogP contribution in [0.2, 0.25) is 5.02 Å². The number of hydrogen-bond donors (Lipinski definition) is 1. The fourth-order valence-electron chi connectivity index (χ4n) is 3.42. The third kappa shape index (κ3) is 1.83. The zero-order valence-corrected chi connectivity index (χ0v) is 12.5. The molecule has 6 nitrogen and oxygen atoms in total. The lowest BCUT2D eigenvalue weighted by molar-refractivity contribution is 0.0673. The number of carbonyl (C=O) groups excluding carboxylic acids is 1. The lowest BCUT2D eigenvalue weighted by atomic mass is 10.1. The number of rotatable bonds is 1. The topological polar surface area (TPSA) is 75.4 Å². The number of halogens is 2. The minimum absolute atomic E-state index is 0.0478. The number of fused-ring (bicyclic) bond motifs is 5. The Kier molecular flexibility index (Phi) is 2.96. The van der Waals surface area contributed by atoms with Crippen LogP contribution < -0.4 is 0 Å². The van der Waals surface area contributed by atoms with Crippen molar-refractivity contribution in [2.24, 2.45) is 0 Å². The molecule has 2 aliphatic rings. The molecule has 4 rings (SSSR count). The average Bonchev–Trinajstić information content (AvgIpc) is 3.12. The molecule has 0 saturated carbocycles. The lowest BCUT2D eigenvalue weighted by Crippen LogP contribution is -2.30. The van der Waals surface area contributed by atoms with Crippen LogP contribution in [-0.4, -0.2) is 38.0 Å². The van der Waals surface area contributed by atoms with Gasteiger partial charge in [-0.05, 0) is 25.0 Å². The van der Waals surface area contributed by atoms with Crippen LogP contribution in [-0.2, 0) is 0 Å². The van der Waals surface area contributed by atoms with Crippen molar-refractivity contribution in [3.05, 3.63) is 46.3 Å². The summed E-state index contributed by atoms with van der Waals surface area (Å²) in [4.78, 5) is 29.8. The Labute approximate surface area is 135 Å². The van der Waals surface area contributed by atoms with Crippen molar-refractivity contribution in [1.29, 1.82) is 0 Å². The summed E-state index contributed by atoms with van der Waals surface area (Å²) in [6.07, 6.45) is 2.72. The highest BCUT2D eigenvalue weighted by molar-refractivity contribution is 6.34. The van der Waals surface area contributed by atoms with Crippen molar-refractivity contribution in [2.75, 3.05) is 6.54 Å². The third-order valence-corrected chi connectivity index (χ3v) is 4.75. The highest BCUT2D eigenvalue weighted by Gasteiger charge is 2.41. The first kappa shape index (κ1) is 14.2. The molecule has 1 aromatic heterocycles. The Bertz CT molecular complexity index is 864. The molecule has 3 heterocycles. The van der Waals surface area contributed by atoms with Crippen molar-refractivity contribution in [3.63, 3.8) is 0 Å². The first-order valence-corrected chi connectivity index (χ1v) is 7.48. The van der Waals surface area contributed by atoms with Gasteiger partial charge in [0.15, 0.2) is 5.69 Å². The molecular weight excluding hydrogens is 325 g/mol. The van der Waals surface area contributed by atoms with Crippen LogP contribution in [0.15, 0.2) is 18.5 Å². The summed E-state index contributed by atoms with van der Waals surface area (Å²) in [6, 6.07) is 2.19. The zero-order chi connectivity index (χ0) is 16.3. The number of nitrogens with zero attached hydrogens (tertiary/aromatic N) is 3. The molecule has 2 aromatic rings. The molecule has 0 aliphatic carbocycles. The van der Waals surface area contributed by atoms with E-state index in [1.54, 1.807) is 4.90 Å². The third-order valence-electron chi connectivity index (χ3n) is 4.38. The Hall–Kier alpha value is -2.41. The van der Waals surface area contributed by atoms with Gasteiger partial charge in [0.2, 0.25) is 0 Å². The predicted octanol–water partition coefficient (Wildman–Crippen LogP) is 2.65. The van der Waals surface area contributed by atoms with E-state index in [4.69, 9.17) is 11.6 Å². The van der Waals surface area contributed by atoms with Crippen LogP contribution in [0.3, 0.4) is 0 Å². The Morgan fingerprint density at radius 2 is 2.22 bits per heavy atom. The van der Waals surface area contributed by atoms with E-state index >= 15 is 0 Å². The number of aromatic nitrogens is 2. The summed E-state index contributed by atoms with van der Waals surface area (Å²) < 4.78 is 15.4. The first-order chi connectivity index (χ1) is 11.0. The van der Waals surface area contributed by atoms with E-state index in [9.17, 15) is 19.1 Å². The largest absolute Gasteiger partial charge is 0.476 e. The molecule has 1 saturated heterocycles. The molecule has 2 aliphatic heterocycles. The molecule has 1 atom stereocenters. The molecule has 1 fully saturated rings. The molecule has 0 radical (unpaired) electrons. The number of carboxylic acid groups (broad SMARTS) is 1. The number of hydrogen-bond acceptors (Lipinski definition) is 3. The summed E-state index contributed by atoms with van der Waals surface area (Å²) in [7, 11) is 0. The summed E-state index contributed by atoms with van der Waals surface area (Å²) in [5, 5.41) is 9.14. The van der Waals surface area contributed by atoms with E-state index in [0.717, 1.165) is 12.5 Å². The van der Waals surface area contributed by atoms with Gasteiger partial charge in [0.25, 0.3) is 5.91 Å². The molecule has 8 heteroatoms. The van der Waals surface area contributed by atoms with Gasteiger partial charge in [0, 0.05) is 6.54 Å². The quantitative estimate of drug-likeness (QED) is 0.869. The van der Waals surface area contributed by atoms with Gasteiger partial charge in [0.05, 0.1) is 28.0 Å². The van der Waals surface area contributed by atoms with Crippen molar-refractivity contribution in [3.8, 4) is 5.69 Å². The van der Waals surface area contributed by atoms with Gasteiger partial charge in [-0.3, -0.25) is 9.36 Å². The van der Waals surface area contributed by atoms with Crippen LogP contribution in [0.5, 0.6) is 0 Å². The van der Waals surface area contributed by atoms with Crippen molar-refractivity contribution < 1.29 is 19.1 Å². The van der Waals surface area contributed by atoms with Crippen LogP contribution in [0.1, 0.15) is 45.4 Å². The summed E-state index contributed by atoms with van der Waals surface area (Å²) in [5.41, 5.74) is 0.741. The van der Waals surface area contributed by atoms with E-state index in [0.29, 0.717) is 24.3 Å². The summed E-state index contributed by atoms with van der Waals surface area (Å²) in [6.45, 7) is 0.472. The Balaban J connectivity index is 2.08. The van der Waals surface area contributed by atoms with Gasteiger partial charge in [-0.25, -0.2) is 14.2 Å². The van der Waals surface area contributed by atoms with Crippen molar-refractivity contribution in [2.45, 2.75) is 18.9 Å². The molecule has 0 bridgehead atoms. The first-order valence-electron chi connectivity index (χ1n) is 7.10. The van der Waals surface area contributed by atoms with Crippen LogP contribution in [0, 0.1) is 5.82 Å². The number of imidazole rings is 1. The van der Waals surface area contributed by atoms with E-state index in [2.05, 4.69) is 4.98 Å². The molecule has 23 heavy (non-hydrogen) atoms. The lowest BCUT2D eigenvalue weighted by Gasteiger charge is -2.22. The maximum Gasteiger partial charge on any atom is 0.356 e. The second kappa shape index (κ2) is 4.79. The maximum absolute atomic E-state index is 13.8. The molecule has 1 aromatic carbocycles. The van der Waals surface area contributed by atoms with Gasteiger partial charge in [-0.2, -0.15) is 0 Å². The Morgan fingerprint density at radius 1 is 1.43 bits per heavy atom. The van der Waals surface area contributed by atoms with E-state index < -0.39 is 17.8 Å². The minimum Gasteiger partial charge on any atom is -0.476 e. The molecule has 0 unspecified atom stereocenters. The van der Waals surface area contributed by atoms with Gasteiger partial charge in [-0.1, -0.05) is 11.6 Å². The second-order valence-electron chi connectivity index (χ2n) is 5.57. The molecule has 1 amide bonds. The Morgan fingerprint density at radius 3 is 2.96 bits per heavy atom. The smallest absolute Gasteiger partial charge is 0.356 e. The maximum atomic E-state index is 13.8. The fourth-order valence-corrected chi connectivity index (χ4v) is 3.66. The van der Waals surface area contributed by atoms with Crippen LogP contribution in [0.4, 0.5) is 4.39 Å². The zero-order valence-electron chi connectivity index (χ0n) is 11.8. The van der Waals surface area contributed by atoms with Crippen LogP contribution >= 0.6 is 11.6 Å². The predicted molar refractivity (Wildman–Crippen MR) is 78.5 cm³/mol. The van der Waals surface area contributed by atoms with Gasteiger partial charge >= 0.3 is 5.97 Å². The number of carbonyl (C=O) groups is 2. The number of benzene rings is 1. The average molecular weight is 336 g/mol. The standard InChI is InChI=1S/C15H11ClFN3O3/c16-11-7(17)3-4-8-10(11)14(21)19-5-1-2-9(19)13-12(15(22)23)18-6-20(8)13/h3-4,6,9H,1-2,5H2,(H,22,23)/t9-/m0/s1. The van der Waals surface area contributed by atoms with Crippen molar-refractivity contribution in [1.82, 2.24) is 14.5 Å². The van der Waals surface area contributed by atoms with Gasteiger partial charge in [0.1, 0.15) is 12.1 Å². The monoisotopic (exact) mass is 335 g/mol. The second-order valence-corrected chi connectivity index (χ2v) is 5.94. The number of aromatic carboxylic acids is 1. The normalized spacial score (nSPS) is 19.1. The van der Waals surface area contributed by atoms with Gasteiger partial charge in [-0.15, -0.1) is 0 Å².